The number of carboxylic acid groups (broad SMARTS) is 1. The van der Waals surface area contributed by atoms with E-state index in [-0.39, 0.29) is 150 Å². The molecule has 6 unspecified atom stereocenters. The second-order valence-corrected chi connectivity index (χ2v) is 34.4. The first kappa shape index (κ1) is 93.2. The predicted octanol–water partition coefficient (Wildman–Crippen LogP) is 15.8. The van der Waals surface area contributed by atoms with Gasteiger partial charge in [0.25, 0.3) is 23.3 Å². The number of hydrogen-bond acceptors (Lipinski definition) is 31. The number of methoxy groups -OCH3 is 3. The van der Waals surface area contributed by atoms with Gasteiger partial charge in [0, 0.05) is 42.9 Å². The van der Waals surface area contributed by atoms with E-state index in [9.17, 15) is 73.8 Å². The maximum Gasteiger partial charge on any atom is 0.350 e. The van der Waals surface area contributed by atoms with Crippen LogP contribution < -0.4 is 43.1 Å². The van der Waals surface area contributed by atoms with Crippen molar-refractivity contribution in [3.8, 4) is 51.7 Å². The van der Waals surface area contributed by atoms with E-state index < -0.39 is 77.1 Å². The number of Topliss-reactive ketones (excluding diaryl/α,β-unsaturated/α-hetero) is 3. The molecule has 6 aromatic carbocycles. The third kappa shape index (κ3) is 18.8. The average molecular weight is 1980 g/mol. The molecule has 9 aromatic rings. The molecule has 3 fully saturated rings. The van der Waals surface area contributed by atoms with E-state index in [4.69, 9.17) is 52.5 Å². The first-order valence-electron chi connectivity index (χ1n) is 38.4. The molecule has 15 rings (SSSR count). The smallest absolute Gasteiger partial charge is 0.350 e. The quantitative estimate of drug-likeness (QED) is 0.00877. The van der Waals surface area contributed by atoms with E-state index >= 15 is 0 Å². The number of anilines is 3. The van der Waals surface area contributed by atoms with Gasteiger partial charge in [0.15, 0.2) is 49.9 Å². The van der Waals surface area contributed by atoms with Crippen LogP contribution in [0.25, 0.3) is 17.3 Å². The van der Waals surface area contributed by atoms with E-state index in [2.05, 4.69) is 82.5 Å². The summed E-state index contributed by atoms with van der Waals surface area (Å²) in [6, 6.07) is 20.6. The Balaban J connectivity index is 0.000000169. The van der Waals surface area contributed by atoms with Crippen LogP contribution >= 0.6 is 81.8 Å². The minimum Gasteiger partial charge on any atom is -0.507 e. The summed E-state index contributed by atoms with van der Waals surface area (Å²) >= 11 is 12.5. The lowest BCUT2D eigenvalue weighted by Gasteiger charge is -2.24. The maximum absolute atomic E-state index is 13.6. The van der Waals surface area contributed by atoms with E-state index in [0.717, 1.165) is 72.3 Å². The van der Waals surface area contributed by atoms with Crippen molar-refractivity contribution in [2.24, 2.45) is 0 Å². The number of aliphatic carboxylic acids is 1. The van der Waals surface area contributed by atoms with Crippen molar-refractivity contribution in [2.45, 2.75) is 104 Å². The van der Waals surface area contributed by atoms with E-state index in [1.807, 2.05) is 20.8 Å². The number of aliphatic hydroxyl groups is 3. The zero-order valence-corrected chi connectivity index (χ0v) is 76.4. The second kappa shape index (κ2) is 38.8. The van der Waals surface area contributed by atoms with E-state index in [1.54, 1.807) is 75.4 Å². The number of halogens is 3. The lowest BCUT2D eigenvalue weighted by atomic mass is 9.94. The van der Waals surface area contributed by atoms with Crippen molar-refractivity contribution in [3.05, 3.63) is 241 Å². The number of esters is 3. The van der Waals surface area contributed by atoms with Crippen molar-refractivity contribution in [2.75, 3.05) is 55.8 Å². The number of ketones is 3. The summed E-state index contributed by atoms with van der Waals surface area (Å²) in [6.07, 6.45) is 6.06. The lowest BCUT2D eigenvalue weighted by molar-refractivity contribution is -0.134. The summed E-state index contributed by atoms with van der Waals surface area (Å²) in [7, 11) is 4.09. The van der Waals surface area contributed by atoms with Crippen LogP contribution in [0.2, 0.25) is 0 Å². The molecule has 9 heterocycles. The first-order chi connectivity index (χ1) is 60.4. The fourth-order valence-electron chi connectivity index (χ4n) is 14.6. The third-order valence-electron chi connectivity index (χ3n) is 20.1. The van der Waals surface area contributed by atoms with E-state index in [0.29, 0.717) is 87.0 Å². The fraction of sp³-hybridized carbons (Fsp3) is 0.247. The fourth-order valence-corrected chi connectivity index (χ4v) is 18.9. The molecule has 3 aromatic heterocycles. The highest BCUT2D eigenvalue weighted by Crippen LogP contribution is 2.53. The summed E-state index contributed by atoms with van der Waals surface area (Å²) in [5.74, 6) is -7.87. The van der Waals surface area contributed by atoms with Gasteiger partial charge in [-0.05, 0) is 214 Å². The van der Waals surface area contributed by atoms with Crippen molar-refractivity contribution in [1.82, 2.24) is 15.0 Å². The van der Waals surface area contributed by atoms with Gasteiger partial charge in [-0.2, -0.15) is 0 Å². The SMILES string of the molecule is C=CCOC(=O)c1sc(N2C(=O)C(=O)C(=C(O)c3ccc4c(c3)CC(C)O4)C2c2cc(Br)c(O)c(OC)c2)nc1C.C=CCOC(=O)c1sc(N2C(=O)C(=O)C(=C(O)c3ccc4c(c3)CC(C)O4)C2c2cc(Br)c(O)c(OC)c2)nc1C.C=CCOC(=O)c1sc(N2C(=O)C(=O)C(=C(O)c3ccc4c(c3)CC(C)O4)C2c2cc(Br)c(O)c(OC)c2)nc1C.CC(=O)O. The zero-order chi connectivity index (χ0) is 92.3. The summed E-state index contributed by atoms with van der Waals surface area (Å²) in [5, 5.41) is 73.5. The summed E-state index contributed by atoms with van der Waals surface area (Å²) < 4.78 is 49.4. The summed E-state index contributed by atoms with van der Waals surface area (Å²) in [5.41, 5.74) is 4.94. The lowest BCUT2D eigenvalue weighted by Crippen LogP contribution is -2.29. The molecule has 0 radical (unpaired) electrons. The number of thiazole rings is 3. The molecule has 6 aliphatic rings. The standard InChI is InChI=1S/3C29H25BrN2O8S.C2H4O2/c3*1-5-8-39-28(37)26-14(3)31-29(41-26)32-22(17-11-18(30)24(34)20(12-17)38-4)21(25(35)27(32)36)23(33)15-6-7-19-16(10-15)9-13(2)40-19;1-2(3)4/h3*5-7,10-13,22,33-34H,1,8-9H2,2-4H3;1H3,(H,3,4). The molecule has 7 N–H and O–H groups in total. The third-order valence-corrected chi connectivity index (χ3v) is 25.4. The normalized spacial score (nSPS) is 18.8. The van der Waals surface area contributed by atoms with Gasteiger partial charge in [0.05, 0.1) is 86.7 Å². The Morgan fingerprint density at radius 1 is 0.441 bits per heavy atom. The molecule has 6 atom stereocenters. The highest BCUT2D eigenvalue weighted by Gasteiger charge is 2.53. The Hall–Kier alpha value is -13.0. The Kier molecular flexibility index (Phi) is 28.5. The highest BCUT2D eigenvalue weighted by atomic mass is 79.9. The number of phenols is 3. The highest BCUT2D eigenvalue weighted by molar-refractivity contribution is 9.11. The van der Waals surface area contributed by atoms with Crippen molar-refractivity contribution in [3.63, 3.8) is 0 Å². The molecular weight excluding hydrogens is 1900 g/mol. The number of aromatic nitrogens is 3. The number of aryl methyl sites for hydroxylation is 3. The number of amides is 3. The molecule has 38 heteroatoms. The van der Waals surface area contributed by atoms with Gasteiger partial charge in [-0.15, -0.1) is 0 Å². The molecule has 3 amide bonds. The number of aliphatic hydroxyl groups excluding tert-OH is 3. The van der Waals surface area contributed by atoms with Gasteiger partial charge in [-0.25, -0.2) is 29.3 Å². The number of aromatic hydroxyl groups is 3. The number of carbonyl (C=O) groups excluding carboxylic acids is 9. The predicted molar refractivity (Wildman–Crippen MR) is 477 cm³/mol. The number of carbonyl (C=O) groups is 10. The van der Waals surface area contributed by atoms with E-state index in [1.165, 1.54) is 76.0 Å². The molecule has 0 saturated carbocycles. The molecule has 127 heavy (non-hydrogen) atoms. The Bertz CT molecular complexity index is 5630. The van der Waals surface area contributed by atoms with Gasteiger partial charge in [0.2, 0.25) is 0 Å². The van der Waals surface area contributed by atoms with Gasteiger partial charge in [-0.3, -0.25) is 48.3 Å². The number of carboxylic acids is 1. The van der Waals surface area contributed by atoms with Gasteiger partial charge in [-0.1, -0.05) is 72.0 Å². The van der Waals surface area contributed by atoms with Crippen LogP contribution in [0.1, 0.15) is 142 Å². The van der Waals surface area contributed by atoms with Crippen LogP contribution in [-0.2, 0) is 67.0 Å². The topological polar surface area (TPSA) is 444 Å². The first-order valence-corrected chi connectivity index (χ1v) is 43.2. The summed E-state index contributed by atoms with van der Waals surface area (Å²) in [6.45, 7) is 22.2. The molecule has 32 nitrogen and oxygen atoms in total. The van der Waals surface area contributed by atoms with Crippen molar-refractivity contribution < 1.29 is 126 Å². The molecule has 0 bridgehead atoms. The van der Waals surface area contributed by atoms with Gasteiger partial charge >= 0.3 is 35.6 Å². The number of nitrogens with zero attached hydrogens (tertiary/aromatic N) is 6. The number of ether oxygens (including phenoxy) is 9. The summed E-state index contributed by atoms with van der Waals surface area (Å²) in [4.78, 5) is 145. The number of benzene rings is 6. The zero-order valence-electron chi connectivity index (χ0n) is 69.1. The minimum absolute atomic E-state index is 0.0120. The molecule has 3 saturated heterocycles. The van der Waals surface area contributed by atoms with Gasteiger partial charge < -0.3 is 78.4 Å². The number of hydrogen-bond donors (Lipinski definition) is 7. The number of rotatable bonds is 21. The largest absolute Gasteiger partial charge is 0.507 e. The van der Waals surface area contributed by atoms with Crippen LogP contribution in [0.3, 0.4) is 0 Å². The molecular formula is C89H79Br3N6O26S3. The maximum atomic E-state index is 13.6. The Morgan fingerprint density at radius 3 is 0.913 bits per heavy atom. The van der Waals surface area contributed by atoms with Crippen molar-refractivity contribution >= 4 is 173 Å². The van der Waals surface area contributed by atoms with Crippen LogP contribution in [-0.4, -0.2) is 169 Å². The molecule has 660 valence electrons. The average Bonchev–Trinajstić information content (AvgIpc) is 1.59. The Labute approximate surface area is 761 Å². The number of phenolic OH excluding ortho intramolecular Hbond substituents is 3. The molecule has 0 aliphatic carbocycles. The Morgan fingerprint density at radius 2 is 0.685 bits per heavy atom. The monoisotopic (exact) mass is 1980 g/mol. The van der Waals surface area contributed by atoms with Crippen LogP contribution in [0.5, 0.6) is 51.7 Å². The van der Waals surface area contributed by atoms with Crippen LogP contribution in [0.4, 0.5) is 15.4 Å². The molecule has 0 spiro atoms. The van der Waals surface area contributed by atoms with Crippen molar-refractivity contribution in [1.29, 1.82) is 0 Å². The molecule has 6 aliphatic heterocycles. The van der Waals surface area contributed by atoms with Gasteiger partial charge in [0.1, 0.15) is 87.3 Å². The van der Waals surface area contributed by atoms with Crippen LogP contribution in [0, 0.1) is 20.8 Å². The van der Waals surface area contributed by atoms with Crippen LogP contribution in [0.15, 0.2) is 159 Å². The second-order valence-electron chi connectivity index (χ2n) is 28.9. The number of fused-ring (bicyclic) bond motifs is 3. The minimum atomic E-state index is -1.17.